The van der Waals surface area contributed by atoms with Crippen LogP contribution in [0.2, 0.25) is 0 Å². The standard InChI is InChI=1S/Bi.H3O4P.Sr.5H/c;1-5(2,3)4;;;;;;/h;(H3,1,2,3,4);;;;;;/q;;+2;;;;2*-1. The van der Waals surface area contributed by atoms with Crippen molar-refractivity contribution in [3.63, 3.8) is 0 Å². The molecule has 7 heteroatoms. The van der Waals surface area contributed by atoms with Crippen LogP contribution < -0.4 is 0 Å². The molecule has 0 spiro atoms. The largest absolute Gasteiger partial charge is 2.00 e. The molecule has 4 nitrogen and oxygen atoms in total. The van der Waals surface area contributed by atoms with Crippen molar-refractivity contribution < 1.29 is 22.1 Å². The zero-order valence-electron chi connectivity index (χ0n) is 5.61. The zero-order valence-corrected chi connectivity index (χ0v) is 13.5. The molecule has 0 saturated heterocycles. The minimum absolute atomic E-state index is 0. The molecular weight excluding hydrogens is 392 g/mol. The Labute approximate surface area is 99.9 Å². The molecular formula is H8BiO4PSr. The van der Waals surface area contributed by atoms with Crippen LogP contribution in [0.15, 0.2) is 0 Å². The number of rotatable bonds is 0. The van der Waals surface area contributed by atoms with Crippen LogP contribution in [0.5, 0.6) is 0 Å². The topological polar surface area (TPSA) is 77.8 Å². The Morgan fingerprint density at radius 3 is 1.29 bits per heavy atom. The van der Waals surface area contributed by atoms with Crippen LogP contribution in [0.3, 0.4) is 0 Å². The minimum Gasteiger partial charge on any atom is -1.00 e. The van der Waals surface area contributed by atoms with Crippen LogP contribution in [-0.4, -0.2) is 86.4 Å². The van der Waals surface area contributed by atoms with Gasteiger partial charge in [0.05, 0.1) is 0 Å². The van der Waals surface area contributed by atoms with E-state index in [1.807, 2.05) is 0 Å². The summed E-state index contributed by atoms with van der Waals surface area (Å²) in [6.07, 6.45) is 0. The van der Waals surface area contributed by atoms with Crippen molar-refractivity contribution in [3.8, 4) is 0 Å². The molecule has 0 aromatic heterocycles. The minimum atomic E-state index is -4.64. The van der Waals surface area contributed by atoms with Gasteiger partial charge >= 0.3 is 79.5 Å². The molecule has 0 unspecified atom stereocenters. The Morgan fingerprint density at radius 2 is 1.29 bits per heavy atom. The summed E-state index contributed by atoms with van der Waals surface area (Å²) < 4.78 is 8.88. The zero-order chi connectivity index (χ0) is 4.50. The van der Waals surface area contributed by atoms with E-state index in [2.05, 4.69) is 0 Å². The van der Waals surface area contributed by atoms with Gasteiger partial charge in [0.2, 0.25) is 0 Å². The second-order valence-electron chi connectivity index (χ2n) is 0.513. The third-order valence-electron chi connectivity index (χ3n) is 0. The van der Waals surface area contributed by atoms with Gasteiger partial charge in [-0.15, -0.1) is 0 Å². The summed E-state index contributed by atoms with van der Waals surface area (Å²) in [5.41, 5.74) is 0. The molecule has 0 heterocycles. The molecule has 0 radical (unpaired) electrons. The molecule has 3 N–H and O–H groups in total. The van der Waals surface area contributed by atoms with Crippen LogP contribution in [-0.2, 0) is 4.57 Å². The van der Waals surface area contributed by atoms with Gasteiger partial charge in [-0.2, -0.15) is 0 Å². The molecule has 7 heavy (non-hydrogen) atoms. The first-order valence-electron chi connectivity index (χ1n) is 0.783. The maximum absolute atomic E-state index is 8.88. The van der Waals surface area contributed by atoms with E-state index in [1.165, 1.54) is 0 Å². The van der Waals surface area contributed by atoms with Crippen molar-refractivity contribution in [2.75, 3.05) is 0 Å². The Bertz CT molecular complexity index is 64.7. The van der Waals surface area contributed by atoms with Crippen molar-refractivity contribution in [2.45, 2.75) is 0 Å². The fourth-order valence-corrected chi connectivity index (χ4v) is 0. The fraction of sp³-hybridized carbons (Fsp3) is 0. The maximum atomic E-state index is 8.88. The first kappa shape index (κ1) is 16.2. The molecule has 0 atom stereocenters. The van der Waals surface area contributed by atoms with Gasteiger partial charge in [-0.05, 0) is 0 Å². The van der Waals surface area contributed by atoms with Gasteiger partial charge in [0.15, 0.2) is 0 Å². The summed E-state index contributed by atoms with van der Waals surface area (Å²) in [6.45, 7) is 0. The van der Waals surface area contributed by atoms with Crippen molar-refractivity contribution in [3.05, 3.63) is 0 Å². The van der Waals surface area contributed by atoms with E-state index in [4.69, 9.17) is 19.2 Å². The van der Waals surface area contributed by atoms with Crippen LogP contribution >= 0.6 is 7.82 Å². The van der Waals surface area contributed by atoms with E-state index in [1.54, 1.807) is 0 Å². The predicted molar refractivity (Wildman–Crippen MR) is 32.2 cm³/mol. The maximum Gasteiger partial charge on any atom is 2.00 e. The monoisotopic (exact) mass is 400 g/mol. The number of hydrogen-bond donors (Lipinski definition) is 3. The molecule has 0 bridgehead atoms. The third-order valence-corrected chi connectivity index (χ3v) is 0. The van der Waals surface area contributed by atoms with Crippen molar-refractivity contribution >= 4 is 79.5 Å². The Morgan fingerprint density at radius 1 is 1.29 bits per heavy atom. The van der Waals surface area contributed by atoms with E-state index in [-0.39, 0.29) is 74.5 Å². The first-order chi connectivity index (χ1) is 2.00. The van der Waals surface area contributed by atoms with Gasteiger partial charge in [-0.1, -0.05) is 0 Å². The van der Waals surface area contributed by atoms with E-state index >= 15 is 0 Å². The van der Waals surface area contributed by atoms with Crippen molar-refractivity contribution in [1.82, 2.24) is 0 Å². The summed E-state index contributed by atoms with van der Waals surface area (Å²) in [7, 11) is -4.64. The quantitative estimate of drug-likeness (QED) is 0.317. The molecule has 0 rings (SSSR count). The number of phosphoric acid groups is 1. The molecule has 0 aliphatic heterocycles. The smallest absolute Gasteiger partial charge is 1.00 e. The SMILES string of the molecule is O=P(O)(O)O.[BiH3].[H-].[H-].[Sr+2]. The van der Waals surface area contributed by atoms with Gasteiger partial charge in [-0.3, -0.25) is 0 Å². The molecule has 0 aliphatic rings. The average molecular weight is 400 g/mol. The predicted octanol–water partition coefficient (Wildman–Crippen LogP) is -2.27. The molecule has 44 valence electrons. The van der Waals surface area contributed by atoms with Crippen LogP contribution in [0.1, 0.15) is 2.85 Å². The van der Waals surface area contributed by atoms with E-state index in [9.17, 15) is 0 Å². The Hall–Kier alpha value is 2.47. The molecule has 0 aromatic rings. The molecule has 0 aromatic carbocycles. The Kier molecular flexibility index (Phi) is 15.3. The fourth-order valence-electron chi connectivity index (χ4n) is 0. The summed E-state index contributed by atoms with van der Waals surface area (Å²) in [4.78, 5) is 21.6. The summed E-state index contributed by atoms with van der Waals surface area (Å²) in [5, 5.41) is 0. The van der Waals surface area contributed by atoms with Crippen LogP contribution in [0.25, 0.3) is 0 Å². The van der Waals surface area contributed by atoms with E-state index in [0.29, 0.717) is 0 Å². The Balaban J connectivity index is -0.0000000133. The van der Waals surface area contributed by atoms with Gasteiger partial charge < -0.3 is 17.5 Å². The second kappa shape index (κ2) is 6.59. The van der Waals surface area contributed by atoms with Gasteiger partial charge in [0, 0.05) is 0 Å². The van der Waals surface area contributed by atoms with Crippen LogP contribution in [0.4, 0.5) is 0 Å². The van der Waals surface area contributed by atoms with E-state index in [0.717, 1.165) is 0 Å². The number of hydrogen-bond acceptors (Lipinski definition) is 1. The van der Waals surface area contributed by atoms with Crippen molar-refractivity contribution in [1.29, 1.82) is 0 Å². The normalized spacial score (nSPS) is 8.43. The third kappa shape index (κ3) is 58.0. The summed E-state index contributed by atoms with van der Waals surface area (Å²) >= 11 is 0. The summed E-state index contributed by atoms with van der Waals surface area (Å²) in [6, 6.07) is 0. The van der Waals surface area contributed by atoms with Crippen molar-refractivity contribution in [2.24, 2.45) is 0 Å². The molecule has 0 saturated carbocycles. The van der Waals surface area contributed by atoms with E-state index < -0.39 is 7.82 Å². The molecule has 0 fully saturated rings. The van der Waals surface area contributed by atoms with Gasteiger partial charge in [0.25, 0.3) is 0 Å². The first-order valence-corrected chi connectivity index (χ1v) is 2.35. The molecule has 0 amide bonds. The molecule has 0 aliphatic carbocycles. The van der Waals surface area contributed by atoms with Gasteiger partial charge in [-0.25, -0.2) is 4.57 Å². The second-order valence-corrected chi connectivity index (χ2v) is 1.54. The average Bonchev–Trinajstić information content (AvgIpc) is 0.722. The van der Waals surface area contributed by atoms with Gasteiger partial charge in [0.1, 0.15) is 0 Å². The van der Waals surface area contributed by atoms with Crippen LogP contribution in [0, 0.1) is 0 Å². The summed E-state index contributed by atoms with van der Waals surface area (Å²) in [5.74, 6) is 0.